The molecule has 2 aromatic carbocycles. The highest BCUT2D eigenvalue weighted by atomic mass is 35.5. The number of nitrogens with zero attached hydrogens (tertiary/aromatic N) is 5. The molecule has 1 aliphatic rings. The Bertz CT molecular complexity index is 1410. The zero-order chi connectivity index (χ0) is 25.6. The Kier molecular flexibility index (Phi) is 7.38. The highest BCUT2D eigenvalue weighted by Crippen LogP contribution is 2.33. The predicted molar refractivity (Wildman–Crippen MR) is 142 cm³/mol. The van der Waals surface area contributed by atoms with Crippen molar-refractivity contribution >= 4 is 41.0 Å². The second-order valence-corrected chi connectivity index (χ2v) is 8.61. The largest absolute Gasteiger partial charge is 0.507 e. The summed E-state index contributed by atoms with van der Waals surface area (Å²) in [5, 5.41) is 18.1. The number of morpholine rings is 1. The van der Waals surface area contributed by atoms with Gasteiger partial charge in [-0.25, -0.2) is 14.8 Å². The molecular weight excluding hydrogens is 497 g/mol. The van der Waals surface area contributed by atoms with E-state index < -0.39 is 5.82 Å². The minimum absolute atomic E-state index is 0.179. The zero-order valence-corrected chi connectivity index (χ0v) is 20.4. The molecule has 4 aromatic rings. The monoisotopic (exact) mass is 519 g/mol. The minimum Gasteiger partial charge on any atom is -0.507 e. The predicted octanol–water partition coefficient (Wildman–Crippen LogP) is 5.06. The Morgan fingerprint density at radius 3 is 2.65 bits per heavy atom. The van der Waals surface area contributed by atoms with Crippen LogP contribution in [0.25, 0.3) is 11.1 Å². The van der Waals surface area contributed by atoms with Crippen LogP contribution in [0, 0.1) is 5.82 Å². The Hall–Kier alpha value is -4.28. The second kappa shape index (κ2) is 11.2. The van der Waals surface area contributed by atoms with E-state index in [0.29, 0.717) is 42.6 Å². The van der Waals surface area contributed by atoms with Crippen LogP contribution in [0.15, 0.2) is 72.1 Å². The van der Waals surface area contributed by atoms with Crippen molar-refractivity contribution in [2.75, 3.05) is 41.9 Å². The van der Waals surface area contributed by atoms with E-state index >= 15 is 0 Å². The van der Waals surface area contributed by atoms with Crippen LogP contribution in [-0.2, 0) is 4.74 Å². The van der Waals surface area contributed by atoms with E-state index in [-0.39, 0.29) is 17.5 Å². The topological polar surface area (TPSA) is 108 Å². The third-order valence-corrected chi connectivity index (χ3v) is 5.80. The van der Waals surface area contributed by atoms with E-state index in [9.17, 15) is 9.50 Å². The molecule has 0 atom stereocenters. The van der Waals surface area contributed by atoms with Crippen LogP contribution in [0.4, 0.5) is 27.5 Å². The van der Waals surface area contributed by atoms with Crippen LogP contribution >= 0.6 is 11.6 Å². The van der Waals surface area contributed by atoms with Crippen molar-refractivity contribution in [2.24, 2.45) is 5.10 Å². The first kappa shape index (κ1) is 24.4. The molecule has 1 aliphatic heterocycles. The van der Waals surface area contributed by atoms with Crippen LogP contribution in [0.5, 0.6) is 5.75 Å². The standard InChI is InChI=1S/C26H23ClFN7O2/c27-18-11-17(22-3-1-2-4-24(22)36)12-21(13-18)32-20-6-5-19(29-14-20)15-31-34-26-30-16-23(28)25(33-26)35-7-9-37-10-8-35/h1-6,11-16,32,36H,7-10H2,(H,30,33,34). The molecule has 1 fully saturated rings. The van der Waals surface area contributed by atoms with Crippen LogP contribution < -0.4 is 15.6 Å². The maximum atomic E-state index is 14.2. The van der Waals surface area contributed by atoms with E-state index in [4.69, 9.17) is 16.3 Å². The number of rotatable bonds is 7. The van der Waals surface area contributed by atoms with Gasteiger partial charge in [0, 0.05) is 29.4 Å². The average molecular weight is 520 g/mol. The SMILES string of the molecule is Oc1ccccc1-c1cc(Cl)cc(Nc2ccc(C=NNc3ncc(F)c(N4CCOCC4)n3)nc2)c1. The normalized spacial score (nSPS) is 13.6. The number of ether oxygens (including phenoxy) is 1. The zero-order valence-electron chi connectivity index (χ0n) is 19.6. The molecule has 37 heavy (non-hydrogen) atoms. The number of phenols is 1. The number of hydrogen-bond acceptors (Lipinski definition) is 9. The molecule has 2 aromatic heterocycles. The average Bonchev–Trinajstić information content (AvgIpc) is 2.91. The molecule has 3 heterocycles. The van der Waals surface area contributed by atoms with Crippen molar-refractivity contribution in [1.29, 1.82) is 0 Å². The van der Waals surface area contributed by atoms with Gasteiger partial charge in [-0.2, -0.15) is 10.1 Å². The highest BCUT2D eigenvalue weighted by molar-refractivity contribution is 6.31. The maximum Gasteiger partial charge on any atom is 0.245 e. The molecule has 0 spiro atoms. The van der Waals surface area contributed by atoms with Gasteiger partial charge in [-0.05, 0) is 42.0 Å². The molecule has 5 rings (SSSR count). The molecule has 0 aliphatic carbocycles. The van der Waals surface area contributed by atoms with Crippen LogP contribution in [0.1, 0.15) is 5.69 Å². The number of nitrogens with one attached hydrogen (secondary N) is 2. The second-order valence-electron chi connectivity index (χ2n) is 8.18. The number of benzene rings is 2. The number of para-hydroxylation sites is 1. The molecular formula is C26H23ClFN7O2. The summed E-state index contributed by atoms with van der Waals surface area (Å²) in [4.78, 5) is 14.4. The van der Waals surface area contributed by atoms with E-state index in [1.165, 1.54) is 6.21 Å². The lowest BCUT2D eigenvalue weighted by Gasteiger charge is -2.27. The third-order valence-electron chi connectivity index (χ3n) is 5.59. The van der Waals surface area contributed by atoms with Gasteiger partial charge in [0.25, 0.3) is 0 Å². The number of halogens is 2. The van der Waals surface area contributed by atoms with Crippen LogP contribution in [0.2, 0.25) is 5.02 Å². The quantitative estimate of drug-likeness (QED) is 0.230. The van der Waals surface area contributed by atoms with Crippen molar-refractivity contribution in [3.8, 4) is 16.9 Å². The van der Waals surface area contributed by atoms with Gasteiger partial charge in [0.2, 0.25) is 5.95 Å². The molecule has 0 radical (unpaired) electrons. The summed E-state index contributed by atoms with van der Waals surface area (Å²) < 4.78 is 19.5. The van der Waals surface area contributed by atoms with Crippen molar-refractivity contribution in [3.63, 3.8) is 0 Å². The van der Waals surface area contributed by atoms with Gasteiger partial charge in [-0.15, -0.1) is 0 Å². The van der Waals surface area contributed by atoms with E-state index in [0.717, 1.165) is 23.1 Å². The molecule has 1 saturated heterocycles. The van der Waals surface area contributed by atoms with E-state index in [1.807, 2.05) is 29.2 Å². The first-order chi connectivity index (χ1) is 18.0. The van der Waals surface area contributed by atoms with Gasteiger partial charge in [-0.3, -0.25) is 4.98 Å². The van der Waals surface area contributed by atoms with Crippen molar-refractivity contribution < 1.29 is 14.2 Å². The summed E-state index contributed by atoms with van der Waals surface area (Å²) in [7, 11) is 0. The van der Waals surface area contributed by atoms with Gasteiger partial charge in [0.1, 0.15) is 5.75 Å². The van der Waals surface area contributed by atoms with Crippen LogP contribution in [-0.4, -0.2) is 52.6 Å². The summed E-state index contributed by atoms with van der Waals surface area (Å²) in [5.41, 5.74) is 6.28. The molecule has 0 saturated carbocycles. The van der Waals surface area contributed by atoms with Gasteiger partial charge >= 0.3 is 0 Å². The number of hydrogen-bond donors (Lipinski definition) is 3. The number of aromatic hydroxyl groups is 1. The van der Waals surface area contributed by atoms with Gasteiger partial charge < -0.3 is 20.1 Å². The van der Waals surface area contributed by atoms with Gasteiger partial charge in [0.05, 0.1) is 43.2 Å². The summed E-state index contributed by atoms with van der Waals surface area (Å²) in [6, 6.07) is 16.2. The van der Waals surface area contributed by atoms with Gasteiger partial charge in [-0.1, -0.05) is 29.8 Å². The lowest BCUT2D eigenvalue weighted by atomic mass is 10.0. The Balaban J connectivity index is 1.23. The Labute approximate surface area is 217 Å². The smallest absolute Gasteiger partial charge is 0.245 e. The van der Waals surface area contributed by atoms with E-state index in [2.05, 4.69) is 30.8 Å². The Morgan fingerprint density at radius 2 is 1.86 bits per heavy atom. The fraction of sp³-hybridized carbons (Fsp3) is 0.154. The highest BCUT2D eigenvalue weighted by Gasteiger charge is 2.17. The molecule has 0 bridgehead atoms. The summed E-state index contributed by atoms with van der Waals surface area (Å²) in [6.07, 6.45) is 4.29. The molecule has 0 unspecified atom stereocenters. The number of phenolic OH excluding ortho intramolecular Hbond substituents is 1. The first-order valence-electron chi connectivity index (χ1n) is 11.5. The summed E-state index contributed by atoms with van der Waals surface area (Å²) in [5.74, 6) is 0.0846. The number of pyridine rings is 1. The van der Waals surface area contributed by atoms with Crippen molar-refractivity contribution in [1.82, 2.24) is 15.0 Å². The van der Waals surface area contributed by atoms with Crippen molar-refractivity contribution in [2.45, 2.75) is 0 Å². The summed E-state index contributed by atoms with van der Waals surface area (Å²) in [6.45, 7) is 2.17. The maximum absolute atomic E-state index is 14.2. The number of aromatic nitrogens is 3. The molecule has 188 valence electrons. The number of hydrazone groups is 1. The molecule has 0 amide bonds. The molecule has 11 heteroatoms. The van der Waals surface area contributed by atoms with Crippen LogP contribution in [0.3, 0.4) is 0 Å². The Morgan fingerprint density at radius 1 is 1.03 bits per heavy atom. The fourth-order valence-electron chi connectivity index (χ4n) is 3.82. The fourth-order valence-corrected chi connectivity index (χ4v) is 4.06. The molecule has 9 nitrogen and oxygen atoms in total. The van der Waals surface area contributed by atoms with E-state index in [1.54, 1.807) is 36.5 Å². The first-order valence-corrected chi connectivity index (χ1v) is 11.9. The third kappa shape index (κ3) is 6.11. The lowest BCUT2D eigenvalue weighted by Crippen LogP contribution is -2.37. The van der Waals surface area contributed by atoms with Gasteiger partial charge in [0.15, 0.2) is 11.6 Å². The lowest BCUT2D eigenvalue weighted by molar-refractivity contribution is 0.122. The number of anilines is 4. The summed E-state index contributed by atoms with van der Waals surface area (Å²) >= 11 is 6.31. The minimum atomic E-state index is -0.492. The molecule has 3 N–H and O–H groups in total. The van der Waals surface area contributed by atoms with Crippen molar-refractivity contribution in [3.05, 3.63) is 83.5 Å².